The van der Waals surface area contributed by atoms with Gasteiger partial charge in [-0.2, -0.15) is 0 Å². The fourth-order valence-corrected chi connectivity index (χ4v) is 4.64. The molecule has 2 fully saturated rings. The van der Waals surface area contributed by atoms with Crippen LogP contribution in [-0.2, 0) is 4.74 Å². The van der Waals surface area contributed by atoms with Crippen LogP contribution < -0.4 is 15.0 Å². The molecule has 0 radical (unpaired) electrons. The lowest BCUT2D eigenvalue weighted by Gasteiger charge is -2.32. The van der Waals surface area contributed by atoms with Crippen molar-refractivity contribution in [3.05, 3.63) is 42.2 Å². The topological polar surface area (TPSA) is 85.3 Å². The van der Waals surface area contributed by atoms with Gasteiger partial charge in [0.1, 0.15) is 23.7 Å². The minimum atomic E-state index is 0.183. The Hall–Kier alpha value is -3.00. The first-order chi connectivity index (χ1) is 15.7. The van der Waals surface area contributed by atoms with Crippen molar-refractivity contribution in [2.24, 2.45) is 0 Å². The molecule has 0 atom stereocenters. The predicted molar refractivity (Wildman–Crippen MR) is 124 cm³/mol. The van der Waals surface area contributed by atoms with Gasteiger partial charge in [0, 0.05) is 37.1 Å². The number of aromatic nitrogens is 4. The van der Waals surface area contributed by atoms with Crippen LogP contribution in [0.25, 0.3) is 10.9 Å². The Morgan fingerprint density at radius 2 is 1.84 bits per heavy atom. The van der Waals surface area contributed by atoms with Gasteiger partial charge < -0.3 is 19.7 Å². The van der Waals surface area contributed by atoms with Gasteiger partial charge in [-0.05, 0) is 51.7 Å². The average molecular weight is 435 g/mol. The molecule has 1 aromatic carbocycles. The normalized spacial score (nSPS) is 21.5. The van der Waals surface area contributed by atoms with E-state index in [0.29, 0.717) is 6.04 Å². The van der Waals surface area contributed by atoms with E-state index in [1.165, 1.54) is 0 Å². The molecule has 3 heterocycles. The predicted octanol–water partition coefficient (Wildman–Crippen LogP) is 3.68. The number of benzene rings is 1. The molecule has 0 bridgehead atoms. The maximum absolute atomic E-state index is 6.61. The number of hydrogen-bond donors (Lipinski definition) is 1. The van der Waals surface area contributed by atoms with E-state index in [1.54, 1.807) is 12.5 Å². The molecule has 1 aliphatic carbocycles. The molecule has 2 aliphatic rings. The van der Waals surface area contributed by atoms with Crippen molar-refractivity contribution in [3.8, 4) is 5.75 Å². The monoisotopic (exact) mass is 434 g/mol. The van der Waals surface area contributed by atoms with Gasteiger partial charge in [-0.15, -0.1) is 0 Å². The number of aryl methyl sites for hydroxylation is 2. The Morgan fingerprint density at radius 3 is 2.62 bits per heavy atom. The summed E-state index contributed by atoms with van der Waals surface area (Å²) >= 11 is 0. The molecular formula is C24H30N6O2. The van der Waals surface area contributed by atoms with E-state index < -0.39 is 0 Å². The average Bonchev–Trinajstić information content (AvgIpc) is 2.81. The quantitative estimate of drug-likeness (QED) is 0.651. The van der Waals surface area contributed by atoms with Crippen molar-refractivity contribution in [1.29, 1.82) is 0 Å². The van der Waals surface area contributed by atoms with Crippen LogP contribution in [0.15, 0.2) is 30.7 Å². The van der Waals surface area contributed by atoms with Crippen molar-refractivity contribution in [3.63, 3.8) is 0 Å². The molecule has 0 amide bonds. The summed E-state index contributed by atoms with van der Waals surface area (Å²) in [4.78, 5) is 20.0. The van der Waals surface area contributed by atoms with E-state index >= 15 is 0 Å². The van der Waals surface area contributed by atoms with Crippen LogP contribution in [0.3, 0.4) is 0 Å². The van der Waals surface area contributed by atoms with Crippen LogP contribution in [0, 0.1) is 13.8 Å². The second kappa shape index (κ2) is 9.24. The summed E-state index contributed by atoms with van der Waals surface area (Å²) in [7, 11) is 0. The summed E-state index contributed by atoms with van der Waals surface area (Å²) in [5.74, 6) is 2.58. The summed E-state index contributed by atoms with van der Waals surface area (Å²) in [6.45, 7) is 7.20. The van der Waals surface area contributed by atoms with E-state index in [0.717, 1.165) is 91.7 Å². The number of anilines is 2. The van der Waals surface area contributed by atoms with Crippen LogP contribution >= 0.6 is 0 Å². The smallest absolute Gasteiger partial charge is 0.133 e. The van der Waals surface area contributed by atoms with Crippen LogP contribution in [0.1, 0.15) is 37.2 Å². The third-order valence-corrected chi connectivity index (χ3v) is 6.35. The summed E-state index contributed by atoms with van der Waals surface area (Å²) < 4.78 is 12.1. The van der Waals surface area contributed by atoms with Gasteiger partial charge in [-0.1, -0.05) is 0 Å². The van der Waals surface area contributed by atoms with Gasteiger partial charge in [0.25, 0.3) is 0 Å². The highest BCUT2D eigenvalue weighted by atomic mass is 16.5. The molecule has 1 aliphatic heterocycles. The Bertz CT molecular complexity index is 1080. The maximum Gasteiger partial charge on any atom is 0.133 e. The van der Waals surface area contributed by atoms with E-state index in [2.05, 4.69) is 42.3 Å². The second-order valence-electron chi connectivity index (χ2n) is 8.62. The Morgan fingerprint density at radius 1 is 1.03 bits per heavy atom. The first-order valence-electron chi connectivity index (χ1n) is 11.5. The van der Waals surface area contributed by atoms with E-state index in [1.807, 2.05) is 19.9 Å². The van der Waals surface area contributed by atoms with Gasteiger partial charge in [-0.3, -0.25) is 0 Å². The molecule has 3 aromatic rings. The van der Waals surface area contributed by atoms with E-state index in [9.17, 15) is 0 Å². The van der Waals surface area contributed by atoms with Gasteiger partial charge >= 0.3 is 0 Å². The van der Waals surface area contributed by atoms with Crippen LogP contribution in [0.4, 0.5) is 11.5 Å². The summed E-state index contributed by atoms with van der Waals surface area (Å²) in [5.41, 5.74) is 3.03. The van der Waals surface area contributed by atoms with Gasteiger partial charge in [0.05, 0.1) is 35.9 Å². The lowest BCUT2D eigenvalue weighted by molar-refractivity contribution is 0.122. The number of hydrogen-bond acceptors (Lipinski definition) is 8. The number of morpholine rings is 1. The Kier molecular flexibility index (Phi) is 6.03. The molecule has 8 heteroatoms. The molecule has 1 saturated heterocycles. The van der Waals surface area contributed by atoms with E-state index in [-0.39, 0.29) is 6.10 Å². The fraction of sp³-hybridized carbons (Fsp3) is 0.500. The molecule has 1 N–H and O–H groups in total. The molecule has 0 spiro atoms. The minimum absolute atomic E-state index is 0.183. The molecular weight excluding hydrogens is 404 g/mol. The van der Waals surface area contributed by atoms with Gasteiger partial charge in [0.2, 0.25) is 0 Å². The van der Waals surface area contributed by atoms with E-state index in [4.69, 9.17) is 9.47 Å². The van der Waals surface area contributed by atoms with Crippen molar-refractivity contribution in [1.82, 2.24) is 19.9 Å². The van der Waals surface area contributed by atoms with Crippen molar-refractivity contribution >= 4 is 22.4 Å². The lowest BCUT2D eigenvalue weighted by Crippen LogP contribution is -2.36. The zero-order chi connectivity index (χ0) is 21.9. The molecule has 5 rings (SSSR count). The van der Waals surface area contributed by atoms with Crippen LogP contribution in [-0.4, -0.2) is 58.4 Å². The molecule has 168 valence electrons. The first kappa shape index (κ1) is 20.9. The van der Waals surface area contributed by atoms with Gasteiger partial charge in [-0.25, -0.2) is 19.9 Å². The first-order valence-corrected chi connectivity index (χ1v) is 11.5. The molecule has 32 heavy (non-hydrogen) atoms. The maximum atomic E-state index is 6.61. The number of fused-ring (bicyclic) bond motifs is 1. The molecule has 0 unspecified atom stereocenters. The van der Waals surface area contributed by atoms with Crippen molar-refractivity contribution in [2.75, 3.05) is 36.5 Å². The van der Waals surface area contributed by atoms with Gasteiger partial charge in [0.15, 0.2) is 0 Å². The zero-order valence-electron chi connectivity index (χ0n) is 18.8. The fourth-order valence-electron chi connectivity index (χ4n) is 4.64. The van der Waals surface area contributed by atoms with Crippen LogP contribution in [0.2, 0.25) is 0 Å². The number of nitrogens with one attached hydrogen (secondary N) is 1. The Balaban J connectivity index is 1.31. The number of rotatable bonds is 5. The highest BCUT2D eigenvalue weighted by Gasteiger charge is 2.24. The summed E-state index contributed by atoms with van der Waals surface area (Å²) in [6.07, 6.45) is 7.71. The summed E-state index contributed by atoms with van der Waals surface area (Å²) in [6, 6.07) is 6.65. The SMILES string of the molecule is Cc1nccc(N[C@H]2CC[C@@H](Oc3cc(N4CCOCC4)cc4ncnc(C)c34)CC2)n1. The number of nitrogens with zero attached hydrogens (tertiary/aromatic N) is 5. The Labute approximate surface area is 188 Å². The standard InChI is InChI=1S/C24H30N6O2/c1-16-24-21(27-15-26-16)13-19(30-9-11-31-12-10-30)14-22(24)32-20-5-3-18(4-6-20)29-23-7-8-25-17(2)28-23/h7-8,13-15,18,20H,3-6,9-12H2,1-2H3,(H,25,28,29)/t18-,20+. The zero-order valence-corrected chi connectivity index (χ0v) is 18.8. The van der Waals surface area contributed by atoms with Crippen molar-refractivity contribution < 1.29 is 9.47 Å². The number of ether oxygens (including phenoxy) is 2. The minimum Gasteiger partial charge on any atom is -0.490 e. The second-order valence-corrected chi connectivity index (χ2v) is 8.62. The highest BCUT2D eigenvalue weighted by Crippen LogP contribution is 2.35. The molecule has 1 saturated carbocycles. The summed E-state index contributed by atoms with van der Waals surface area (Å²) in [5, 5.41) is 4.57. The molecule has 2 aromatic heterocycles. The van der Waals surface area contributed by atoms with Crippen LogP contribution in [0.5, 0.6) is 5.75 Å². The lowest BCUT2D eigenvalue weighted by atomic mass is 9.93. The highest BCUT2D eigenvalue weighted by molar-refractivity contribution is 5.90. The van der Waals surface area contributed by atoms with Crippen molar-refractivity contribution in [2.45, 2.75) is 51.7 Å². The molecule has 8 nitrogen and oxygen atoms in total. The third kappa shape index (κ3) is 4.60. The largest absolute Gasteiger partial charge is 0.490 e. The third-order valence-electron chi connectivity index (χ3n) is 6.35.